The molecule has 1 aromatic rings. The van der Waals surface area contributed by atoms with Crippen LogP contribution in [0.3, 0.4) is 0 Å². The van der Waals surface area contributed by atoms with E-state index in [9.17, 15) is 28.8 Å². The average molecular weight is 979 g/mol. The summed E-state index contributed by atoms with van der Waals surface area (Å²) in [6, 6.07) is 3.29. The fraction of sp³-hybridized carbons (Fsp3) is 0.667. The highest BCUT2D eigenvalue weighted by Crippen LogP contribution is 2.59. The number of hydrogen-bond donors (Lipinski definition) is 0. The molecule has 0 radical (unpaired) electrons. The van der Waals surface area contributed by atoms with E-state index >= 15 is 0 Å². The Kier molecular flexibility index (Phi) is 21.5. The van der Waals surface area contributed by atoms with Crippen molar-refractivity contribution in [3.05, 3.63) is 47.3 Å². The maximum Gasteiger partial charge on any atom is 0.347 e. The predicted molar refractivity (Wildman–Crippen MR) is 262 cm³/mol. The van der Waals surface area contributed by atoms with Crippen LogP contribution in [0.15, 0.2) is 57.0 Å². The molecule has 0 atom stereocenters. The smallest absolute Gasteiger partial charge is 0.347 e. The van der Waals surface area contributed by atoms with Gasteiger partial charge in [-0.25, -0.2) is 19.2 Å². The second kappa shape index (κ2) is 27.4. The van der Waals surface area contributed by atoms with Crippen molar-refractivity contribution in [2.45, 2.75) is 165 Å². The van der Waals surface area contributed by atoms with Crippen LogP contribution in [-0.4, -0.2) is 62.2 Å². The largest absolute Gasteiger partial charge is 0.463 e. The number of ether oxygens (including phenoxy) is 6. The van der Waals surface area contributed by atoms with Gasteiger partial charge in [-0.05, 0) is 150 Å². The summed E-state index contributed by atoms with van der Waals surface area (Å²) in [7, 11) is 0. The molecule has 4 fully saturated rings. The molecule has 0 saturated heterocycles. The second-order valence-corrected chi connectivity index (χ2v) is 21.8. The maximum atomic E-state index is 14.0. The lowest BCUT2D eigenvalue weighted by molar-refractivity contribution is -0.148. The van der Waals surface area contributed by atoms with Crippen LogP contribution in [0.25, 0.3) is 0 Å². The second-order valence-electron chi connectivity index (χ2n) is 19.5. The minimum absolute atomic E-state index is 0.0677. The Morgan fingerprint density at radius 2 is 0.824 bits per heavy atom. The van der Waals surface area contributed by atoms with Crippen LogP contribution >= 0.6 is 23.5 Å². The van der Waals surface area contributed by atoms with Gasteiger partial charge in [0.2, 0.25) is 0 Å². The Balaban J connectivity index is 1.18. The van der Waals surface area contributed by atoms with Crippen LogP contribution in [0.2, 0.25) is 0 Å². The first-order valence-corrected chi connectivity index (χ1v) is 27.3. The van der Waals surface area contributed by atoms with E-state index in [0.717, 1.165) is 111 Å². The number of esters is 6. The van der Waals surface area contributed by atoms with Crippen molar-refractivity contribution < 1.29 is 57.2 Å². The third-order valence-corrected chi connectivity index (χ3v) is 17.9. The molecular weight excluding hydrogens is 905 g/mol. The predicted octanol–water partition coefficient (Wildman–Crippen LogP) is 12.1. The summed E-state index contributed by atoms with van der Waals surface area (Å²) in [5, 5.41) is 0. The molecule has 0 aromatic heterocycles. The van der Waals surface area contributed by atoms with Crippen molar-refractivity contribution in [1.82, 2.24) is 0 Å². The Morgan fingerprint density at radius 1 is 0.500 bits per heavy atom. The summed E-state index contributed by atoms with van der Waals surface area (Å²) >= 11 is 2.15. The van der Waals surface area contributed by atoms with Crippen LogP contribution < -0.4 is 9.47 Å². The number of benzene rings is 1. The first-order valence-electron chi connectivity index (χ1n) is 25.6. The number of fused-ring (bicyclic) bond motifs is 1. The fourth-order valence-electron chi connectivity index (χ4n) is 11.0. The van der Waals surface area contributed by atoms with Gasteiger partial charge in [0.15, 0.2) is 5.57 Å². The summed E-state index contributed by atoms with van der Waals surface area (Å²) in [6.07, 6.45) is 23.5. The first kappa shape index (κ1) is 53.3. The molecule has 12 nitrogen and oxygen atoms in total. The minimum Gasteiger partial charge on any atom is -0.463 e. The normalized spacial score (nSPS) is 25.8. The third-order valence-electron chi connectivity index (χ3n) is 15.3. The molecule has 0 bridgehead atoms. The molecule has 1 aromatic carbocycles. The zero-order valence-corrected chi connectivity index (χ0v) is 42.1. The van der Waals surface area contributed by atoms with Crippen molar-refractivity contribution in [3.8, 4) is 11.5 Å². The van der Waals surface area contributed by atoms with Crippen molar-refractivity contribution in [1.29, 1.82) is 0 Å². The van der Waals surface area contributed by atoms with Crippen LogP contribution in [0.4, 0.5) is 0 Å². The van der Waals surface area contributed by atoms with E-state index in [-0.39, 0.29) is 71.5 Å². The first-order chi connectivity index (χ1) is 33.0. The molecule has 1 aliphatic heterocycles. The number of unbranched alkanes of at least 4 members (excludes halogenated alkanes) is 2. The summed E-state index contributed by atoms with van der Waals surface area (Å²) in [6.45, 7) is 11.4. The topological polar surface area (TPSA) is 158 Å². The number of carbonyl (C=O) groups is 6. The molecule has 0 N–H and O–H groups in total. The van der Waals surface area contributed by atoms with Gasteiger partial charge in [0, 0.05) is 12.2 Å². The van der Waals surface area contributed by atoms with Crippen LogP contribution in [0.5, 0.6) is 11.5 Å². The van der Waals surface area contributed by atoms with Gasteiger partial charge in [-0.2, -0.15) is 0 Å². The zero-order chi connectivity index (χ0) is 48.4. The highest BCUT2D eigenvalue weighted by Gasteiger charge is 2.39. The summed E-state index contributed by atoms with van der Waals surface area (Å²) in [4.78, 5) is 79.5. The Hall–Kier alpha value is -4.04. The van der Waals surface area contributed by atoms with Gasteiger partial charge < -0.3 is 28.4 Å². The standard InChI is InChI=1S/C54H74O12S2/c1-5-35-13-17-37(18-14-35)39-21-25-41(26-22-39)50(57)65-43-29-30-44(66-51(58)42-27-23-40(24-28-42)38-19-15-36(6-2)16-20-38)49-48(43)67-54(68-49)47(52(59)63-33-11-9-31-61-45(55)7-3)53(60)64-34-12-10-32-62-46(56)8-4/h7-8,29-30,35-42H,3-6,9-28,31-34H2,1-2H3. The van der Waals surface area contributed by atoms with Crippen LogP contribution in [-0.2, 0) is 47.7 Å². The fourth-order valence-corrected chi connectivity index (χ4v) is 13.6. The van der Waals surface area contributed by atoms with Gasteiger partial charge in [-0.3, -0.25) is 9.59 Å². The monoisotopic (exact) mass is 978 g/mol. The van der Waals surface area contributed by atoms with Gasteiger partial charge in [0.25, 0.3) is 0 Å². The third kappa shape index (κ3) is 15.2. The SMILES string of the molecule is C=CC(=O)OCCCCOC(=O)C(C(=O)OCCCCOC(=O)C=C)=C1Sc2c(OC(=O)C3CCC(C4CCC(CC)CC4)CC3)ccc(OC(=O)C3CCC(C4CCC(CC)CC4)CC3)c2S1. The van der Waals surface area contributed by atoms with E-state index in [1.54, 1.807) is 12.1 Å². The van der Waals surface area contributed by atoms with Crippen molar-refractivity contribution >= 4 is 59.3 Å². The Bertz CT molecular complexity index is 1810. The van der Waals surface area contributed by atoms with Crippen molar-refractivity contribution in [2.75, 3.05) is 26.4 Å². The number of carbonyl (C=O) groups excluding carboxylic acids is 6. The van der Waals surface area contributed by atoms with Gasteiger partial charge >= 0.3 is 35.8 Å². The van der Waals surface area contributed by atoms with Gasteiger partial charge in [-0.1, -0.05) is 89.1 Å². The van der Waals surface area contributed by atoms with Crippen molar-refractivity contribution in [2.24, 2.45) is 47.3 Å². The Morgan fingerprint density at radius 3 is 1.15 bits per heavy atom. The van der Waals surface area contributed by atoms with E-state index in [2.05, 4.69) is 27.0 Å². The molecule has 5 aliphatic rings. The molecule has 4 aliphatic carbocycles. The lowest BCUT2D eigenvalue weighted by atomic mass is 9.69. The van der Waals surface area contributed by atoms with Gasteiger partial charge in [0.05, 0.1) is 52.3 Å². The Labute approximate surface area is 412 Å². The molecule has 0 spiro atoms. The molecule has 0 amide bonds. The van der Waals surface area contributed by atoms with Crippen molar-refractivity contribution in [3.63, 3.8) is 0 Å². The lowest BCUT2D eigenvalue weighted by Crippen LogP contribution is -2.30. The molecule has 14 heteroatoms. The summed E-state index contributed by atoms with van der Waals surface area (Å²) in [5.74, 6) is 0.842. The van der Waals surface area contributed by atoms with Gasteiger partial charge in [-0.15, -0.1) is 0 Å². The van der Waals surface area contributed by atoms with Crippen LogP contribution in [0.1, 0.15) is 155 Å². The van der Waals surface area contributed by atoms with E-state index in [1.165, 1.54) is 64.2 Å². The van der Waals surface area contributed by atoms with Crippen LogP contribution in [0, 0.1) is 47.3 Å². The minimum atomic E-state index is -0.919. The van der Waals surface area contributed by atoms with E-state index in [4.69, 9.17) is 28.4 Å². The van der Waals surface area contributed by atoms with Gasteiger partial charge in [0.1, 0.15) is 11.5 Å². The maximum absolute atomic E-state index is 14.0. The highest BCUT2D eigenvalue weighted by atomic mass is 32.2. The molecule has 4 saturated carbocycles. The number of thioether (sulfide) groups is 2. The quantitative estimate of drug-likeness (QED) is 0.0205. The molecule has 1 heterocycles. The molecule has 68 heavy (non-hydrogen) atoms. The molecular formula is C54H74O12S2. The average Bonchev–Trinajstić information content (AvgIpc) is 3.82. The van der Waals surface area contributed by atoms with E-state index in [1.807, 2.05) is 0 Å². The number of hydrogen-bond acceptors (Lipinski definition) is 14. The molecule has 374 valence electrons. The number of rotatable bonds is 22. The molecule has 6 rings (SSSR count). The lowest BCUT2D eigenvalue weighted by Gasteiger charge is -2.37. The van der Waals surface area contributed by atoms with E-state index < -0.39 is 23.9 Å². The summed E-state index contributed by atoms with van der Waals surface area (Å²) in [5.41, 5.74) is -0.348. The highest BCUT2D eigenvalue weighted by molar-refractivity contribution is 8.25. The van der Waals surface area contributed by atoms with E-state index in [0.29, 0.717) is 47.3 Å². The molecule has 0 unspecified atom stereocenters. The summed E-state index contributed by atoms with van der Waals surface area (Å²) < 4.78 is 33.9. The zero-order valence-electron chi connectivity index (χ0n) is 40.4.